The molecule has 0 aliphatic heterocycles. The Morgan fingerprint density at radius 3 is 2.65 bits per heavy atom. The van der Waals surface area contributed by atoms with E-state index < -0.39 is 0 Å². The van der Waals surface area contributed by atoms with Crippen LogP contribution >= 0.6 is 0 Å². The fraction of sp³-hybridized carbons (Fsp3) is 0.429. The highest BCUT2D eigenvalue weighted by atomic mass is 16.5. The average Bonchev–Trinajstić information content (AvgIpc) is 2.92. The average molecular weight is 277 g/mol. The lowest BCUT2D eigenvalue weighted by Gasteiger charge is -2.16. The van der Waals surface area contributed by atoms with Crippen molar-refractivity contribution in [3.63, 3.8) is 0 Å². The van der Waals surface area contributed by atoms with Gasteiger partial charge < -0.3 is 19.6 Å². The molecular weight excluding hydrogens is 258 g/mol. The quantitative estimate of drug-likeness (QED) is 0.786. The maximum Gasteiger partial charge on any atom is 0.261 e. The van der Waals surface area contributed by atoms with Crippen LogP contribution in [0, 0.1) is 0 Å². The van der Waals surface area contributed by atoms with Gasteiger partial charge in [0.15, 0.2) is 17.3 Å². The summed E-state index contributed by atoms with van der Waals surface area (Å²) in [5, 5.41) is 23.1. The third kappa shape index (κ3) is 3.08. The number of phenolic OH excluding ortho intramolecular Hbond substituents is 2. The number of aromatic hydroxyl groups is 2. The van der Waals surface area contributed by atoms with E-state index in [2.05, 4.69) is 28.9 Å². The van der Waals surface area contributed by atoms with E-state index in [1.807, 2.05) is 0 Å². The molecule has 6 heteroatoms. The fourth-order valence-electron chi connectivity index (χ4n) is 1.97. The number of phenols is 2. The Bertz CT molecular complexity index is 565. The molecule has 1 aromatic heterocycles. The van der Waals surface area contributed by atoms with Gasteiger partial charge in [0.05, 0.1) is 5.56 Å². The van der Waals surface area contributed by atoms with Gasteiger partial charge in [-0.2, -0.15) is 4.98 Å². The molecule has 2 N–H and O–H groups in total. The van der Waals surface area contributed by atoms with Crippen LogP contribution < -0.4 is 0 Å². The lowest BCUT2D eigenvalue weighted by atomic mass is 10.2. The maximum atomic E-state index is 9.77. The third-order valence-corrected chi connectivity index (χ3v) is 3.26. The first-order chi connectivity index (χ1) is 9.65. The van der Waals surface area contributed by atoms with Crippen LogP contribution in [0.25, 0.3) is 11.5 Å². The molecule has 20 heavy (non-hydrogen) atoms. The van der Waals surface area contributed by atoms with Crippen LogP contribution in [0.1, 0.15) is 19.7 Å². The van der Waals surface area contributed by atoms with Crippen molar-refractivity contribution in [3.8, 4) is 23.0 Å². The van der Waals surface area contributed by atoms with Crippen molar-refractivity contribution >= 4 is 0 Å². The summed E-state index contributed by atoms with van der Waals surface area (Å²) >= 11 is 0. The Morgan fingerprint density at radius 1 is 1.20 bits per heavy atom. The van der Waals surface area contributed by atoms with Crippen LogP contribution in [0.5, 0.6) is 11.5 Å². The van der Waals surface area contributed by atoms with Crippen LogP contribution in [-0.2, 0) is 6.42 Å². The Morgan fingerprint density at radius 2 is 1.95 bits per heavy atom. The summed E-state index contributed by atoms with van der Waals surface area (Å²) < 4.78 is 5.14. The van der Waals surface area contributed by atoms with Gasteiger partial charge in [-0.3, -0.25) is 0 Å². The van der Waals surface area contributed by atoms with Gasteiger partial charge in [0, 0.05) is 13.0 Å². The minimum atomic E-state index is -0.244. The van der Waals surface area contributed by atoms with Crippen LogP contribution in [-0.4, -0.2) is 44.9 Å². The molecule has 0 bridgehead atoms. The Hall–Kier alpha value is -2.08. The van der Waals surface area contributed by atoms with Gasteiger partial charge in [-0.25, -0.2) is 0 Å². The molecule has 0 atom stereocenters. The smallest absolute Gasteiger partial charge is 0.261 e. The molecule has 1 aromatic carbocycles. The zero-order valence-corrected chi connectivity index (χ0v) is 11.7. The molecule has 0 fully saturated rings. The predicted octanol–water partition coefficient (Wildman–Crippen LogP) is 2.03. The Labute approximate surface area is 117 Å². The van der Waals surface area contributed by atoms with Crippen LogP contribution in [0.2, 0.25) is 0 Å². The van der Waals surface area contributed by atoms with Gasteiger partial charge in [-0.05, 0) is 25.2 Å². The molecule has 0 spiro atoms. The highest BCUT2D eigenvalue weighted by Gasteiger charge is 2.15. The monoisotopic (exact) mass is 277 g/mol. The number of likely N-dealkylation sites (N-methyl/N-ethyl adjacent to an activating group) is 1. The zero-order chi connectivity index (χ0) is 14.5. The predicted molar refractivity (Wildman–Crippen MR) is 74.6 cm³/mol. The van der Waals surface area contributed by atoms with Crippen molar-refractivity contribution in [3.05, 3.63) is 24.0 Å². The molecule has 0 aliphatic carbocycles. The molecule has 1 heterocycles. The minimum absolute atomic E-state index is 0.203. The molecular formula is C14H19N3O3. The van der Waals surface area contributed by atoms with Crippen LogP contribution in [0.4, 0.5) is 0 Å². The van der Waals surface area contributed by atoms with E-state index in [9.17, 15) is 10.2 Å². The Balaban J connectivity index is 2.11. The van der Waals surface area contributed by atoms with E-state index in [0.29, 0.717) is 17.8 Å². The summed E-state index contributed by atoms with van der Waals surface area (Å²) in [5.41, 5.74) is 0.339. The van der Waals surface area contributed by atoms with E-state index in [0.717, 1.165) is 19.6 Å². The van der Waals surface area contributed by atoms with Gasteiger partial charge in [0.2, 0.25) is 0 Å². The number of nitrogens with zero attached hydrogens (tertiary/aromatic N) is 3. The first kappa shape index (κ1) is 14.3. The maximum absolute atomic E-state index is 9.77. The van der Waals surface area contributed by atoms with Crippen LogP contribution in [0.3, 0.4) is 0 Å². The van der Waals surface area contributed by atoms with E-state index in [1.165, 1.54) is 6.07 Å². The van der Waals surface area contributed by atoms with Gasteiger partial charge in [0.25, 0.3) is 5.89 Å². The van der Waals surface area contributed by atoms with E-state index in [-0.39, 0.29) is 17.4 Å². The van der Waals surface area contributed by atoms with Gasteiger partial charge in [-0.1, -0.05) is 25.1 Å². The molecule has 108 valence electrons. The zero-order valence-electron chi connectivity index (χ0n) is 11.7. The van der Waals surface area contributed by atoms with Crippen molar-refractivity contribution in [2.75, 3.05) is 19.6 Å². The van der Waals surface area contributed by atoms with Crippen molar-refractivity contribution in [1.29, 1.82) is 0 Å². The first-order valence-electron chi connectivity index (χ1n) is 6.72. The number of benzene rings is 1. The summed E-state index contributed by atoms with van der Waals surface area (Å²) in [6, 6.07) is 4.64. The summed E-state index contributed by atoms with van der Waals surface area (Å²) in [4.78, 5) is 6.51. The number of hydrogen-bond acceptors (Lipinski definition) is 6. The molecule has 6 nitrogen and oxygen atoms in total. The topological polar surface area (TPSA) is 82.6 Å². The number of hydrogen-bond donors (Lipinski definition) is 2. The lowest BCUT2D eigenvalue weighted by molar-refractivity contribution is 0.303. The third-order valence-electron chi connectivity index (χ3n) is 3.26. The highest BCUT2D eigenvalue weighted by molar-refractivity contribution is 5.66. The molecule has 0 aliphatic rings. The van der Waals surface area contributed by atoms with Gasteiger partial charge >= 0.3 is 0 Å². The van der Waals surface area contributed by atoms with Crippen molar-refractivity contribution in [2.24, 2.45) is 0 Å². The second-order valence-electron chi connectivity index (χ2n) is 4.47. The first-order valence-corrected chi connectivity index (χ1v) is 6.72. The normalized spacial score (nSPS) is 11.2. The second kappa shape index (κ2) is 6.38. The molecule has 0 amide bonds. The van der Waals surface area contributed by atoms with Gasteiger partial charge in [-0.15, -0.1) is 0 Å². The fourth-order valence-corrected chi connectivity index (χ4v) is 1.97. The van der Waals surface area contributed by atoms with Crippen molar-refractivity contribution in [1.82, 2.24) is 15.0 Å². The molecule has 0 unspecified atom stereocenters. The number of aromatic nitrogens is 2. The number of rotatable bonds is 6. The SMILES string of the molecule is CCN(CC)CCc1noc(-c2cccc(O)c2O)n1. The highest BCUT2D eigenvalue weighted by Crippen LogP contribution is 2.34. The van der Waals surface area contributed by atoms with E-state index in [4.69, 9.17) is 4.52 Å². The van der Waals surface area contributed by atoms with Gasteiger partial charge in [0.1, 0.15) is 0 Å². The molecule has 2 aromatic rings. The molecule has 0 saturated heterocycles. The molecule has 0 saturated carbocycles. The summed E-state index contributed by atoms with van der Waals surface area (Å²) in [6.07, 6.45) is 0.685. The number of para-hydroxylation sites is 1. The second-order valence-corrected chi connectivity index (χ2v) is 4.47. The van der Waals surface area contributed by atoms with Crippen molar-refractivity contribution < 1.29 is 14.7 Å². The largest absolute Gasteiger partial charge is 0.504 e. The standard InChI is InChI=1S/C14H19N3O3/c1-3-17(4-2)9-8-12-15-14(20-16-12)10-6-5-7-11(18)13(10)19/h5-7,18-19H,3-4,8-9H2,1-2H3. The van der Waals surface area contributed by atoms with E-state index in [1.54, 1.807) is 12.1 Å². The molecule has 0 radical (unpaired) electrons. The van der Waals surface area contributed by atoms with Crippen LogP contribution in [0.15, 0.2) is 22.7 Å². The van der Waals surface area contributed by atoms with E-state index >= 15 is 0 Å². The molecule has 2 rings (SSSR count). The Kier molecular flexibility index (Phi) is 4.57. The minimum Gasteiger partial charge on any atom is -0.504 e. The summed E-state index contributed by atoms with van der Waals surface area (Å²) in [7, 11) is 0. The summed E-state index contributed by atoms with van der Waals surface area (Å²) in [5.74, 6) is 0.361. The van der Waals surface area contributed by atoms with Crippen molar-refractivity contribution in [2.45, 2.75) is 20.3 Å². The summed E-state index contributed by atoms with van der Waals surface area (Å²) in [6.45, 7) is 7.03. The lowest BCUT2D eigenvalue weighted by Crippen LogP contribution is -2.25.